The lowest BCUT2D eigenvalue weighted by molar-refractivity contribution is -0.123. The monoisotopic (exact) mass is 387 g/mol. The highest BCUT2D eigenvalue weighted by atomic mass is 35.5. The topological polar surface area (TPSA) is 44.8 Å². The number of carbonyl (C=O) groups excluding carboxylic acids is 1. The van der Waals surface area contributed by atoms with Crippen LogP contribution in [0, 0.1) is 0 Å². The van der Waals surface area contributed by atoms with Gasteiger partial charge in [-0.05, 0) is 48.9 Å². The molecule has 1 saturated heterocycles. The number of nitrogens with one attached hydrogen (secondary N) is 1. The van der Waals surface area contributed by atoms with E-state index in [1.54, 1.807) is 7.11 Å². The van der Waals surface area contributed by atoms with Crippen molar-refractivity contribution in [2.75, 3.05) is 44.7 Å². The number of halogens is 1. The maximum atomic E-state index is 12.4. The molecule has 144 valence electrons. The van der Waals surface area contributed by atoms with Crippen LogP contribution in [0.1, 0.15) is 18.5 Å². The van der Waals surface area contributed by atoms with Gasteiger partial charge in [-0.25, -0.2) is 0 Å². The fourth-order valence-electron chi connectivity index (χ4n) is 3.31. The zero-order valence-corrected chi connectivity index (χ0v) is 16.6. The van der Waals surface area contributed by atoms with Crippen LogP contribution < -0.4 is 15.0 Å². The van der Waals surface area contributed by atoms with Gasteiger partial charge in [0.15, 0.2) is 0 Å². The minimum absolute atomic E-state index is 0.0420. The molecule has 1 atom stereocenters. The second-order valence-electron chi connectivity index (χ2n) is 6.81. The van der Waals surface area contributed by atoms with Crippen LogP contribution in [0.3, 0.4) is 0 Å². The summed E-state index contributed by atoms with van der Waals surface area (Å²) in [5.41, 5.74) is 2.20. The number of anilines is 1. The van der Waals surface area contributed by atoms with E-state index in [9.17, 15) is 4.79 Å². The molecular weight excluding hydrogens is 362 g/mol. The number of ether oxygens (including phenoxy) is 1. The zero-order valence-electron chi connectivity index (χ0n) is 15.8. The highest BCUT2D eigenvalue weighted by molar-refractivity contribution is 6.30. The van der Waals surface area contributed by atoms with Crippen LogP contribution in [0.5, 0.6) is 5.75 Å². The summed E-state index contributed by atoms with van der Waals surface area (Å²) >= 11 is 6.03. The van der Waals surface area contributed by atoms with Crippen LogP contribution in [0.4, 0.5) is 5.69 Å². The third-order valence-corrected chi connectivity index (χ3v) is 5.14. The summed E-state index contributed by atoms with van der Waals surface area (Å²) in [6.45, 7) is 5.94. The minimum Gasteiger partial charge on any atom is -0.497 e. The first-order valence-corrected chi connectivity index (χ1v) is 9.59. The Labute approximate surface area is 165 Å². The molecule has 0 aromatic heterocycles. The average Bonchev–Trinajstić information content (AvgIpc) is 2.68. The van der Waals surface area contributed by atoms with Gasteiger partial charge in [0.1, 0.15) is 5.75 Å². The van der Waals surface area contributed by atoms with Gasteiger partial charge in [-0.3, -0.25) is 9.69 Å². The summed E-state index contributed by atoms with van der Waals surface area (Å²) in [7, 11) is 1.67. The maximum Gasteiger partial charge on any atom is 0.234 e. The van der Waals surface area contributed by atoms with Gasteiger partial charge in [-0.2, -0.15) is 0 Å². The molecule has 2 aromatic rings. The number of benzene rings is 2. The summed E-state index contributed by atoms with van der Waals surface area (Å²) < 4.78 is 5.21. The first-order valence-electron chi connectivity index (χ1n) is 9.21. The van der Waals surface area contributed by atoms with Crippen LogP contribution in [0.25, 0.3) is 0 Å². The second kappa shape index (κ2) is 9.11. The van der Waals surface area contributed by atoms with Gasteiger partial charge >= 0.3 is 0 Å². The van der Waals surface area contributed by atoms with Gasteiger partial charge in [0.25, 0.3) is 0 Å². The normalized spacial score (nSPS) is 16.0. The number of hydrogen-bond donors (Lipinski definition) is 1. The molecule has 1 aliphatic heterocycles. The van der Waals surface area contributed by atoms with Crippen molar-refractivity contribution in [1.82, 2.24) is 10.2 Å². The van der Waals surface area contributed by atoms with E-state index in [1.165, 1.54) is 5.69 Å². The van der Waals surface area contributed by atoms with E-state index in [2.05, 4.69) is 27.2 Å². The van der Waals surface area contributed by atoms with Crippen molar-refractivity contribution in [1.29, 1.82) is 0 Å². The molecular formula is C21H26ClN3O2. The molecule has 27 heavy (non-hydrogen) atoms. The predicted octanol–water partition coefficient (Wildman–Crippen LogP) is 3.35. The Bertz CT molecular complexity index is 758. The largest absolute Gasteiger partial charge is 0.497 e. The molecule has 5 nitrogen and oxygen atoms in total. The SMILES string of the molecule is COc1ccc(N2CCN(CC(=O)N[C@@H](C)c3cccc(Cl)c3)CC2)cc1. The van der Waals surface area contributed by atoms with Gasteiger partial charge in [0.2, 0.25) is 5.91 Å². The van der Waals surface area contributed by atoms with Crippen molar-refractivity contribution in [3.8, 4) is 5.75 Å². The van der Waals surface area contributed by atoms with Crippen LogP contribution in [-0.4, -0.2) is 50.6 Å². The van der Waals surface area contributed by atoms with Crippen LogP contribution >= 0.6 is 11.6 Å². The van der Waals surface area contributed by atoms with Gasteiger partial charge in [-0.15, -0.1) is 0 Å². The maximum absolute atomic E-state index is 12.4. The Kier molecular flexibility index (Phi) is 6.58. The highest BCUT2D eigenvalue weighted by Crippen LogP contribution is 2.21. The number of carbonyl (C=O) groups is 1. The third-order valence-electron chi connectivity index (χ3n) is 4.90. The van der Waals surface area contributed by atoms with Crippen molar-refractivity contribution in [2.24, 2.45) is 0 Å². The summed E-state index contributed by atoms with van der Waals surface area (Å²) in [4.78, 5) is 16.9. The lowest BCUT2D eigenvalue weighted by Gasteiger charge is -2.36. The van der Waals surface area contributed by atoms with Crippen LogP contribution in [-0.2, 0) is 4.79 Å². The quantitative estimate of drug-likeness (QED) is 0.825. The van der Waals surface area contributed by atoms with Gasteiger partial charge in [0, 0.05) is 36.9 Å². The molecule has 0 aliphatic carbocycles. The van der Waals surface area contributed by atoms with E-state index in [-0.39, 0.29) is 11.9 Å². The summed E-state index contributed by atoms with van der Waals surface area (Å²) in [5, 5.41) is 3.74. The van der Waals surface area contributed by atoms with E-state index in [4.69, 9.17) is 16.3 Å². The molecule has 1 aliphatic rings. The number of methoxy groups -OCH3 is 1. The van der Waals surface area contributed by atoms with E-state index < -0.39 is 0 Å². The smallest absolute Gasteiger partial charge is 0.234 e. The average molecular weight is 388 g/mol. The molecule has 0 spiro atoms. The number of hydrogen-bond acceptors (Lipinski definition) is 4. The Morgan fingerprint density at radius 1 is 1.15 bits per heavy atom. The Hall–Kier alpha value is -2.24. The van der Waals surface area contributed by atoms with E-state index in [0.717, 1.165) is 37.5 Å². The van der Waals surface area contributed by atoms with Crippen LogP contribution in [0.2, 0.25) is 5.02 Å². The fraction of sp³-hybridized carbons (Fsp3) is 0.381. The number of piperazine rings is 1. The third kappa shape index (κ3) is 5.37. The molecule has 1 N–H and O–H groups in total. The lowest BCUT2D eigenvalue weighted by Crippen LogP contribution is -2.49. The molecule has 2 aromatic carbocycles. The summed E-state index contributed by atoms with van der Waals surface area (Å²) in [6, 6.07) is 15.7. The Balaban J connectivity index is 1.46. The Morgan fingerprint density at radius 3 is 2.48 bits per heavy atom. The van der Waals surface area contributed by atoms with Crippen molar-refractivity contribution >= 4 is 23.2 Å². The molecule has 0 bridgehead atoms. The second-order valence-corrected chi connectivity index (χ2v) is 7.24. The summed E-state index contributed by atoms with van der Waals surface area (Å²) in [6.07, 6.45) is 0. The molecule has 3 rings (SSSR count). The predicted molar refractivity (Wildman–Crippen MR) is 110 cm³/mol. The molecule has 0 saturated carbocycles. The first kappa shape index (κ1) is 19.5. The molecule has 6 heteroatoms. The van der Waals surface area contributed by atoms with E-state index >= 15 is 0 Å². The van der Waals surface area contributed by atoms with Crippen LogP contribution in [0.15, 0.2) is 48.5 Å². The minimum atomic E-state index is -0.0585. The van der Waals surface area contributed by atoms with Crippen molar-refractivity contribution < 1.29 is 9.53 Å². The van der Waals surface area contributed by atoms with E-state index in [1.807, 2.05) is 43.3 Å². The molecule has 1 heterocycles. The number of amides is 1. The standard InChI is InChI=1S/C21H26ClN3O2/c1-16(17-4-3-5-18(22)14-17)23-21(26)15-24-10-12-25(13-11-24)19-6-8-20(27-2)9-7-19/h3-9,14,16H,10-13,15H2,1-2H3,(H,23,26)/t16-/m0/s1. The molecule has 0 radical (unpaired) electrons. The highest BCUT2D eigenvalue weighted by Gasteiger charge is 2.20. The van der Waals surface area contributed by atoms with Crippen molar-refractivity contribution in [3.05, 3.63) is 59.1 Å². The number of rotatable bonds is 6. The molecule has 1 fully saturated rings. The lowest BCUT2D eigenvalue weighted by atomic mass is 10.1. The zero-order chi connectivity index (χ0) is 19.2. The summed E-state index contributed by atoms with van der Waals surface area (Å²) in [5.74, 6) is 0.906. The molecule has 0 unspecified atom stereocenters. The van der Waals surface area contributed by atoms with Gasteiger partial charge in [-0.1, -0.05) is 23.7 Å². The number of nitrogens with zero attached hydrogens (tertiary/aromatic N) is 2. The fourth-order valence-corrected chi connectivity index (χ4v) is 3.51. The molecule has 1 amide bonds. The van der Waals surface area contributed by atoms with Crippen molar-refractivity contribution in [3.63, 3.8) is 0 Å². The first-order chi connectivity index (χ1) is 13.0. The van der Waals surface area contributed by atoms with Gasteiger partial charge < -0.3 is 15.0 Å². The van der Waals surface area contributed by atoms with E-state index in [0.29, 0.717) is 11.6 Å². The van der Waals surface area contributed by atoms with Crippen molar-refractivity contribution in [2.45, 2.75) is 13.0 Å². The van der Waals surface area contributed by atoms with Gasteiger partial charge in [0.05, 0.1) is 19.7 Å². The Morgan fingerprint density at radius 2 is 1.85 bits per heavy atom.